The van der Waals surface area contributed by atoms with E-state index in [0.29, 0.717) is 59.3 Å². The zero-order valence-electron chi connectivity index (χ0n) is 24.4. The van der Waals surface area contributed by atoms with Crippen LogP contribution in [0.2, 0.25) is 0 Å². The Kier molecular flexibility index (Phi) is 5.59. The molecule has 2 atom stereocenters. The van der Waals surface area contributed by atoms with Gasteiger partial charge in [-0.05, 0) is 98.9 Å². The van der Waals surface area contributed by atoms with Gasteiger partial charge < -0.3 is 10.4 Å². The Morgan fingerprint density at radius 1 is 1.14 bits per heavy atom. The lowest BCUT2D eigenvalue weighted by Gasteiger charge is -2.44. The molecule has 9 nitrogen and oxygen atoms in total. The van der Waals surface area contributed by atoms with E-state index >= 15 is 0 Å². The number of fused-ring (bicyclic) bond motifs is 3. The predicted octanol–water partition coefficient (Wildman–Crippen LogP) is 4.85. The highest BCUT2D eigenvalue weighted by molar-refractivity contribution is 5.77. The largest absolute Gasteiger partial charge is 0.384 e. The van der Waals surface area contributed by atoms with Gasteiger partial charge >= 0.3 is 0 Å². The van der Waals surface area contributed by atoms with Crippen LogP contribution >= 0.6 is 0 Å². The highest BCUT2D eigenvalue weighted by Gasteiger charge is 2.56. The van der Waals surface area contributed by atoms with Gasteiger partial charge in [-0.1, -0.05) is 19.1 Å². The van der Waals surface area contributed by atoms with E-state index in [4.69, 9.17) is 9.97 Å². The van der Waals surface area contributed by atoms with Crippen LogP contribution in [-0.2, 0) is 31.5 Å². The van der Waals surface area contributed by atoms with Crippen LogP contribution in [0.15, 0.2) is 47.9 Å². The van der Waals surface area contributed by atoms with E-state index in [-0.39, 0.29) is 5.56 Å². The van der Waals surface area contributed by atoms with Gasteiger partial charge in [-0.3, -0.25) is 9.69 Å². The smallest absolute Gasteiger partial charge is 0.278 e. The van der Waals surface area contributed by atoms with Gasteiger partial charge in [-0.2, -0.15) is 4.98 Å². The number of aromatic nitrogens is 5. The van der Waals surface area contributed by atoms with E-state index in [1.807, 2.05) is 19.1 Å². The lowest BCUT2D eigenvalue weighted by Crippen LogP contribution is -2.44. The number of hydrogen-bond acceptors (Lipinski definition) is 7. The Balaban J connectivity index is 1.22. The number of benzene rings is 1. The molecule has 1 aromatic carbocycles. The summed E-state index contributed by atoms with van der Waals surface area (Å²) in [4.78, 5) is 30.4. The molecule has 2 unspecified atom stereocenters. The van der Waals surface area contributed by atoms with Crippen molar-refractivity contribution >= 4 is 22.7 Å². The molecule has 3 aromatic heterocycles. The van der Waals surface area contributed by atoms with Gasteiger partial charge in [0, 0.05) is 29.9 Å². The minimum atomic E-state index is -0.960. The topological polar surface area (TPSA) is 101 Å². The van der Waals surface area contributed by atoms with Gasteiger partial charge in [-0.15, -0.1) is 6.58 Å². The molecule has 0 bridgehead atoms. The van der Waals surface area contributed by atoms with Crippen LogP contribution in [0.1, 0.15) is 79.3 Å². The van der Waals surface area contributed by atoms with Crippen molar-refractivity contribution in [1.29, 1.82) is 0 Å². The zero-order valence-corrected chi connectivity index (χ0v) is 24.4. The molecule has 2 N–H and O–H groups in total. The summed E-state index contributed by atoms with van der Waals surface area (Å²) >= 11 is 0. The number of nitrogens with one attached hydrogen (secondary N) is 1. The molecule has 4 aromatic rings. The number of nitrogens with zero attached hydrogens (tertiary/aromatic N) is 6. The molecule has 0 amide bonds. The molecule has 8 rings (SSSR count). The molecule has 0 saturated heterocycles. The molecule has 4 heterocycles. The third-order valence-corrected chi connectivity index (χ3v) is 10.5. The summed E-state index contributed by atoms with van der Waals surface area (Å²) < 4.78 is 3.32. The van der Waals surface area contributed by atoms with Crippen molar-refractivity contribution < 1.29 is 5.11 Å². The maximum Gasteiger partial charge on any atom is 0.278 e. The van der Waals surface area contributed by atoms with Crippen LogP contribution in [0.4, 0.5) is 11.6 Å². The van der Waals surface area contributed by atoms with Crippen LogP contribution in [0.5, 0.6) is 0 Å². The maximum absolute atomic E-state index is 13.5. The normalized spacial score (nSPS) is 23.6. The summed E-state index contributed by atoms with van der Waals surface area (Å²) in [7, 11) is 2.28. The molecular formula is C33H37N7O2. The molecule has 1 saturated carbocycles. The first-order chi connectivity index (χ1) is 20.3. The lowest BCUT2D eigenvalue weighted by molar-refractivity contribution is 0.0306. The first kappa shape index (κ1) is 25.9. The van der Waals surface area contributed by atoms with Crippen LogP contribution in [0.3, 0.4) is 0 Å². The number of likely N-dealkylation sites (N-methyl/N-ethyl adjacent to an activating group) is 1. The van der Waals surface area contributed by atoms with Gasteiger partial charge in [0.05, 0.1) is 12.2 Å². The van der Waals surface area contributed by atoms with Crippen LogP contribution in [0, 0.1) is 0 Å². The van der Waals surface area contributed by atoms with E-state index in [0.717, 1.165) is 30.6 Å². The Hall–Kier alpha value is -3.82. The standard InChI is InChI=1S/C33H37N7O2/c1-4-15-39-30(41)24-18-34-31(37-29(24)40(39)26-10-9-20-11-12-33(42,5-2)28(20)36-26)35-23-16-21-7-6-8-25-27(21)22(17-23)19-38(3)32(25)13-14-32/h4,9-10,16-18,25,42H,1,5-8,11-15,19H2,2-3H3,(H,34,35,37). The highest BCUT2D eigenvalue weighted by Crippen LogP contribution is 2.59. The third kappa shape index (κ3) is 3.62. The fraction of sp³-hybridized carbons (Fsp3) is 0.455. The summed E-state index contributed by atoms with van der Waals surface area (Å²) in [5.41, 5.74) is 6.85. The van der Waals surface area contributed by atoms with Crippen molar-refractivity contribution in [1.82, 2.24) is 29.2 Å². The number of pyridine rings is 1. The van der Waals surface area contributed by atoms with Gasteiger partial charge in [0.1, 0.15) is 11.0 Å². The fourth-order valence-electron chi connectivity index (χ4n) is 8.09. The quantitative estimate of drug-likeness (QED) is 0.324. The lowest BCUT2D eigenvalue weighted by atomic mass is 9.72. The van der Waals surface area contributed by atoms with E-state index in [1.54, 1.807) is 27.2 Å². The minimum absolute atomic E-state index is 0.203. The monoisotopic (exact) mass is 563 g/mol. The van der Waals surface area contributed by atoms with Crippen molar-refractivity contribution in [3.05, 3.63) is 81.4 Å². The van der Waals surface area contributed by atoms with Gasteiger partial charge in [0.25, 0.3) is 5.56 Å². The van der Waals surface area contributed by atoms with E-state index in [1.165, 1.54) is 36.8 Å². The maximum atomic E-state index is 13.5. The van der Waals surface area contributed by atoms with Crippen molar-refractivity contribution in [2.45, 2.75) is 88.4 Å². The Morgan fingerprint density at radius 3 is 2.76 bits per heavy atom. The van der Waals surface area contributed by atoms with Gasteiger partial charge in [0.15, 0.2) is 11.5 Å². The summed E-state index contributed by atoms with van der Waals surface area (Å²) in [6.45, 7) is 7.10. The molecule has 1 fully saturated rings. The summed E-state index contributed by atoms with van der Waals surface area (Å²) in [6.07, 6.45) is 11.5. The molecular weight excluding hydrogens is 526 g/mol. The zero-order chi connectivity index (χ0) is 28.8. The van der Waals surface area contributed by atoms with Gasteiger partial charge in [-0.25, -0.2) is 19.3 Å². The second-order valence-electron chi connectivity index (χ2n) is 12.7. The number of aryl methyl sites for hydroxylation is 2. The second kappa shape index (κ2) is 9.09. The van der Waals surface area contributed by atoms with Crippen LogP contribution < -0.4 is 10.9 Å². The second-order valence-corrected chi connectivity index (χ2v) is 12.7. The molecule has 42 heavy (non-hydrogen) atoms. The summed E-state index contributed by atoms with van der Waals surface area (Å²) in [5.74, 6) is 1.61. The van der Waals surface area contributed by atoms with Gasteiger partial charge in [0.2, 0.25) is 5.95 Å². The van der Waals surface area contributed by atoms with E-state index < -0.39 is 5.60 Å². The molecule has 0 radical (unpaired) electrons. The van der Waals surface area contributed by atoms with Crippen LogP contribution in [0.25, 0.3) is 16.9 Å². The van der Waals surface area contributed by atoms with Crippen molar-refractivity contribution in [3.8, 4) is 5.82 Å². The van der Waals surface area contributed by atoms with Crippen molar-refractivity contribution in [3.63, 3.8) is 0 Å². The highest BCUT2D eigenvalue weighted by atomic mass is 16.3. The average Bonchev–Trinajstić information content (AvgIpc) is 3.67. The Bertz CT molecular complexity index is 1830. The van der Waals surface area contributed by atoms with Crippen LogP contribution in [-0.4, -0.2) is 46.9 Å². The average molecular weight is 564 g/mol. The molecule has 216 valence electrons. The number of aliphatic hydroxyl groups is 1. The van der Waals surface area contributed by atoms with E-state index in [9.17, 15) is 9.90 Å². The number of allylic oxidation sites excluding steroid dienone is 1. The van der Waals surface area contributed by atoms with Crippen molar-refractivity contribution in [2.75, 3.05) is 12.4 Å². The Morgan fingerprint density at radius 2 is 1.98 bits per heavy atom. The first-order valence-electron chi connectivity index (χ1n) is 15.3. The van der Waals surface area contributed by atoms with Crippen molar-refractivity contribution in [2.24, 2.45) is 0 Å². The molecule has 9 heteroatoms. The predicted molar refractivity (Wildman–Crippen MR) is 162 cm³/mol. The number of anilines is 2. The summed E-state index contributed by atoms with van der Waals surface area (Å²) in [6, 6.07) is 8.46. The Labute approximate surface area is 244 Å². The molecule has 1 aliphatic heterocycles. The molecule has 1 spiro atoms. The molecule has 4 aliphatic rings. The number of hydrogen-bond donors (Lipinski definition) is 2. The van der Waals surface area contributed by atoms with E-state index in [2.05, 4.69) is 41.0 Å². The fourth-order valence-corrected chi connectivity index (χ4v) is 8.09. The number of rotatable bonds is 6. The molecule has 3 aliphatic carbocycles. The first-order valence-corrected chi connectivity index (χ1v) is 15.3. The minimum Gasteiger partial charge on any atom is -0.384 e. The third-order valence-electron chi connectivity index (χ3n) is 10.5. The summed E-state index contributed by atoms with van der Waals surface area (Å²) in [5, 5.41) is 15.1. The SMILES string of the molecule is C=CCn1c(=O)c2cnc(Nc3cc4c5c(c3)CN(C)C3(CC3)C5CCC4)nc2n1-c1ccc2c(n1)C(O)(CC)CC2.